The number of likely N-dealkylation sites (tertiary alicyclic amines) is 1. The summed E-state index contributed by atoms with van der Waals surface area (Å²) in [6.07, 6.45) is 1.55. The predicted molar refractivity (Wildman–Crippen MR) is 80.9 cm³/mol. The Morgan fingerprint density at radius 1 is 1.41 bits per heavy atom. The van der Waals surface area contributed by atoms with Crippen LogP contribution in [0.15, 0.2) is 28.8 Å². The number of nitrogens with two attached hydrogens (primary N) is 1. The first-order chi connectivity index (χ1) is 10.6. The van der Waals surface area contributed by atoms with E-state index in [2.05, 4.69) is 5.16 Å². The highest BCUT2D eigenvalue weighted by Gasteiger charge is 2.31. The first-order valence-corrected chi connectivity index (χ1v) is 7.50. The molecule has 1 aromatic heterocycles. The van der Waals surface area contributed by atoms with Gasteiger partial charge in [0.05, 0.1) is 11.8 Å². The number of carbonyl (C=O) groups is 2. The number of piperidine rings is 1. The minimum atomic E-state index is -0.407. The highest BCUT2D eigenvalue weighted by Crippen LogP contribution is 2.27. The maximum absolute atomic E-state index is 12.7. The Kier molecular flexibility index (Phi) is 3.83. The molecule has 6 nitrogen and oxygen atoms in total. The molecular weight excluding hydrogens is 282 g/mol. The van der Waals surface area contributed by atoms with Crippen molar-refractivity contribution in [3.63, 3.8) is 0 Å². The van der Waals surface area contributed by atoms with Crippen LogP contribution in [-0.2, 0) is 9.59 Å². The predicted octanol–water partition coefficient (Wildman–Crippen LogP) is 1.66. The number of amides is 2. The maximum Gasteiger partial charge on any atom is 0.231 e. The SMILES string of the molecule is C[C@@H](C(=O)N1CCC[C@H](C(N)=O)C1)c1noc2ccccc12. The first kappa shape index (κ1) is 14.6. The van der Waals surface area contributed by atoms with Gasteiger partial charge < -0.3 is 15.2 Å². The molecule has 0 unspecified atom stereocenters. The van der Waals surface area contributed by atoms with E-state index in [4.69, 9.17) is 10.3 Å². The monoisotopic (exact) mass is 301 g/mol. The number of rotatable bonds is 3. The van der Waals surface area contributed by atoms with Crippen molar-refractivity contribution in [2.75, 3.05) is 13.1 Å². The van der Waals surface area contributed by atoms with E-state index in [1.807, 2.05) is 31.2 Å². The molecule has 1 fully saturated rings. The van der Waals surface area contributed by atoms with Crippen LogP contribution in [0.5, 0.6) is 0 Å². The lowest BCUT2D eigenvalue weighted by Gasteiger charge is -2.32. The van der Waals surface area contributed by atoms with Gasteiger partial charge in [0, 0.05) is 18.5 Å². The summed E-state index contributed by atoms with van der Waals surface area (Å²) in [4.78, 5) is 25.8. The second-order valence-corrected chi connectivity index (χ2v) is 5.81. The van der Waals surface area contributed by atoms with E-state index in [9.17, 15) is 9.59 Å². The Balaban J connectivity index is 1.81. The first-order valence-electron chi connectivity index (χ1n) is 7.50. The van der Waals surface area contributed by atoms with Crippen molar-refractivity contribution in [1.82, 2.24) is 10.1 Å². The molecule has 2 aromatic rings. The Hall–Kier alpha value is -2.37. The van der Waals surface area contributed by atoms with Gasteiger partial charge in [-0.15, -0.1) is 0 Å². The second-order valence-electron chi connectivity index (χ2n) is 5.81. The van der Waals surface area contributed by atoms with Crippen molar-refractivity contribution in [2.45, 2.75) is 25.7 Å². The molecule has 2 amide bonds. The molecule has 1 aliphatic heterocycles. The van der Waals surface area contributed by atoms with E-state index < -0.39 is 5.92 Å². The summed E-state index contributed by atoms with van der Waals surface area (Å²) in [7, 11) is 0. The summed E-state index contributed by atoms with van der Waals surface area (Å²) >= 11 is 0. The van der Waals surface area contributed by atoms with Crippen LogP contribution in [0, 0.1) is 5.92 Å². The summed E-state index contributed by atoms with van der Waals surface area (Å²) in [6, 6.07) is 7.48. The quantitative estimate of drug-likeness (QED) is 0.933. The molecule has 2 heterocycles. The Morgan fingerprint density at radius 3 is 2.95 bits per heavy atom. The highest BCUT2D eigenvalue weighted by molar-refractivity contribution is 5.90. The fourth-order valence-electron chi connectivity index (χ4n) is 3.02. The fourth-order valence-corrected chi connectivity index (χ4v) is 3.02. The third-order valence-corrected chi connectivity index (χ3v) is 4.32. The lowest BCUT2D eigenvalue weighted by molar-refractivity contribution is -0.136. The number of primary amides is 1. The van der Waals surface area contributed by atoms with Gasteiger partial charge in [-0.2, -0.15) is 0 Å². The van der Waals surface area contributed by atoms with Crippen LogP contribution in [0.25, 0.3) is 11.0 Å². The minimum absolute atomic E-state index is 0.0370. The molecule has 0 saturated carbocycles. The molecule has 116 valence electrons. The number of para-hydroxylation sites is 1. The van der Waals surface area contributed by atoms with Crippen LogP contribution in [-0.4, -0.2) is 35.0 Å². The van der Waals surface area contributed by atoms with Gasteiger partial charge >= 0.3 is 0 Å². The zero-order valence-electron chi connectivity index (χ0n) is 12.5. The lowest BCUT2D eigenvalue weighted by Crippen LogP contribution is -2.45. The molecule has 0 radical (unpaired) electrons. The molecule has 22 heavy (non-hydrogen) atoms. The van der Waals surface area contributed by atoms with Gasteiger partial charge in [0.2, 0.25) is 11.8 Å². The van der Waals surface area contributed by atoms with E-state index in [0.29, 0.717) is 24.4 Å². The van der Waals surface area contributed by atoms with Gasteiger partial charge in [0.1, 0.15) is 5.69 Å². The molecule has 0 aliphatic carbocycles. The van der Waals surface area contributed by atoms with Crippen molar-refractivity contribution in [3.8, 4) is 0 Å². The van der Waals surface area contributed by atoms with Crippen molar-refractivity contribution < 1.29 is 14.1 Å². The van der Waals surface area contributed by atoms with Crippen LogP contribution in [0.4, 0.5) is 0 Å². The summed E-state index contributed by atoms with van der Waals surface area (Å²) in [5, 5.41) is 4.90. The molecule has 1 saturated heterocycles. The van der Waals surface area contributed by atoms with Crippen LogP contribution < -0.4 is 5.73 Å². The second kappa shape index (κ2) is 5.79. The third kappa shape index (κ3) is 2.56. The van der Waals surface area contributed by atoms with Crippen molar-refractivity contribution in [3.05, 3.63) is 30.0 Å². The molecule has 2 atom stereocenters. The van der Waals surface area contributed by atoms with Gasteiger partial charge in [0.15, 0.2) is 5.58 Å². The van der Waals surface area contributed by atoms with Crippen molar-refractivity contribution >= 4 is 22.8 Å². The molecular formula is C16H19N3O3. The average Bonchev–Trinajstić information content (AvgIpc) is 2.97. The van der Waals surface area contributed by atoms with E-state index in [1.165, 1.54) is 0 Å². The molecule has 3 rings (SSSR count). The highest BCUT2D eigenvalue weighted by atomic mass is 16.5. The van der Waals surface area contributed by atoms with Crippen LogP contribution in [0.2, 0.25) is 0 Å². The smallest absolute Gasteiger partial charge is 0.231 e. The summed E-state index contributed by atoms with van der Waals surface area (Å²) in [6.45, 7) is 2.87. The number of fused-ring (bicyclic) bond motifs is 1. The Labute approximate surface area is 128 Å². The summed E-state index contributed by atoms with van der Waals surface area (Å²) in [5.74, 6) is -1.03. The van der Waals surface area contributed by atoms with E-state index in [0.717, 1.165) is 18.2 Å². The normalized spacial score (nSPS) is 20.0. The van der Waals surface area contributed by atoms with Gasteiger partial charge in [-0.3, -0.25) is 9.59 Å². The number of carbonyl (C=O) groups excluding carboxylic acids is 2. The number of hydrogen-bond donors (Lipinski definition) is 1. The zero-order chi connectivity index (χ0) is 15.7. The van der Waals surface area contributed by atoms with Crippen molar-refractivity contribution in [2.24, 2.45) is 11.7 Å². The van der Waals surface area contributed by atoms with Crippen LogP contribution in [0.1, 0.15) is 31.4 Å². The minimum Gasteiger partial charge on any atom is -0.369 e. The number of nitrogens with zero attached hydrogens (tertiary/aromatic N) is 2. The maximum atomic E-state index is 12.7. The van der Waals surface area contributed by atoms with Crippen LogP contribution in [0.3, 0.4) is 0 Å². The number of aromatic nitrogens is 1. The molecule has 6 heteroatoms. The van der Waals surface area contributed by atoms with Gasteiger partial charge in [-0.1, -0.05) is 17.3 Å². The van der Waals surface area contributed by atoms with Gasteiger partial charge in [-0.05, 0) is 31.9 Å². The topological polar surface area (TPSA) is 89.4 Å². The average molecular weight is 301 g/mol. The van der Waals surface area contributed by atoms with Crippen LogP contribution >= 0.6 is 0 Å². The molecule has 0 spiro atoms. The van der Waals surface area contributed by atoms with Crippen molar-refractivity contribution in [1.29, 1.82) is 0 Å². The molecule has 0 bridgehead atoms. The van der Waals surface area contributed by atoms with Gasteiger partial charge in [0.25, 0.3) is 0 Å². The largest absolute Gasteiger partial charge is 0.369 e. The standard InChI is InChI=1S/C16H19N3O3/c1-10(14-12-6-2-3-7-13(12)22-18-14)16(21)19-8-4-5-11(9-19)15(17)20/h2-3,6-7,10-11H,4-5,8-9H2,1H3,(H2,17,20)/t10-,11+/m1/s1. The fraction of sp³-hybridized carbons (Fsp3) is 0.438. The van der Waals surface area contributed by atoms with E-state index in [1.54, 1.807) is 4.90 Å². The number of hydrogen-bond acceptors (Lipinski definition) is 4. The molecule has 1 aliphatic rings. The Bertz CT molecular complexity index is 709. The summed E-state index contributed by atoms with van der Waals surface area (Å²) in [5.41, 5.74) is 6.68. The summed E-state index contributed by atoms with van der Waals surface area (Å²) < 4.78 is 5.27. The van der Waals surface area contributed by atoms with E-state index >= 15 is 0 Å². The zero-order valence-corrected chi connectivity index (χ0v) is 12.5. The third-order valence-electron chi connectivity index (χ3n) is 4.32. The molecule has 1 aromatic carbocycles. The van der Waals surface area contributed by atoms with E-state index in [-0.39, 0.29) is 17.7 Å². The number of benzene rings is 1. The Morgan fingerprint density at radius 2 is 2.18 bits per heavy atom. The van der Waals surface area contributed by atoms with Gasteiger partial charge in [-0.25, -0.2) is 0 Å². The molecule has 2 N–H and O–H groups in total. The lowest BCUT2D eigenvalue weighted by atomic mass is 9.95.